The van der Waals surface area contributed by atoms with Crippen LogP contribution in [0.2, 0.25) is 0 Å². The minimum absolute atomic E-state index is 1.10. The van der Waals surface area contributed by atoms with Gasteiger partial charge in [-0.25, -0.2) is 0 Å². The van der Waals surface area contributed by atoms with Gasteiger partial charge in [-0.1, -0.05) is 146 Å². The molecule has 0 amide bonds. The monoisotopic (exact) mass is 638 g/mol. The number of fused-ring (bicyclic) bond motifs is 3. The molecule has 0 radical (unpaired) electrons. The maximum absolute atomic E-state index is 2.38. The van der Waals surface area contributed by atoms with Gasteiger partial charge in [0.25, 0.3) is 0 Å². The molecule has 0 aliphatic carbocycles. The van der Waals surface area contributed by atoms with Crippen molar-refractivity contribution in [2.24, 2.45) is 0 Å². The first-order valence-electron chi connectivity index (χ1n) is 17.1. The van der Waals surface area contributed by atoms with Crippen LogP contribution >= 0.6 is 0 Å². The lowest BCUT2D eigenvalue weighted by molar-refractivity contribution is 1.18. The van der Waals surface area contributed by atoms with Crippen molar-refractivity contribution in [3.05, 3.63) is 206 Å². The summed E-state index contributed by atoms with van der Waals surface area (Å²) >= 11 is 0. The maximum atomic E-state index is 2.38. The van der Waals surface area contributed by atoms with Crippen molar-refractivity contribution in [3.8, 4) is 39.1 Å². The van der Waals surface area contributed by atoms with Crippen molar-refractivity contribution in [2.75, 3.05) is 4.90 Å². The van der Waals surface area contributed by atoms with Crippen molar-refractivity contribution in [1.29, 1.82) is 0 Å². The summed E-state index contributed by atoms with van der Waals surface area (Å²) in [5.41, 5.74) is 14.2. The van der Waals surface area contributed by atoms with Gasteiger partial charge in [0.2, 0.25) is 0 Å². The van der Waals surface area contributed by atoms with Crippen molar-refractivity contribution >= 4 is 38.9 Å². The molecule has 9 aromatic rings. The molecule has 0 aliphatic heterocycles. The number of para-hydroxylation sites is 3. The van der Waals surface area contributed by atoms with E-state index in [-0.39, 0.29) is 0 Å². The van der Waals surface area contributed by atoms with Crippen molar-refractivity contribution < 1.29 is 0 Å². The van der Waals surface area contributed by atoms with Crippen LogP contribution in [-0.4, -0.2) is 4.57 Å². The molecule has 0 atom stereocenters. The fraction of sp³-hybridized carbons (Fsp3) is 0. The molecule has 0 N–H and O–H groups in total. The van der Waals surface area contributed by atoms with Crippen LogP contribution in [0.5, 0.6) is 0 Å². The van der Waals surface area contributed by atoms with E-state index >= 15 is 0 Å². The van der Waals surface area contributed by atoms with Gasteiger partial charge in [0.15, 0.2) is 0 Å². The van der Waals surface area contributed by atoms with E-state index in [1.54, 1.807) is 0 Å². The largest absolute Gasteiger partial charge is 0.310 e. The molecule has 8 aromatic carbocycles. The zero-order chi connectivity index (χ0) is 33.3. The minimum Gasteiger partial charge on any atom is -0.310 e. The Morgan fingerprint density at radius 3 is 1.56 bits per heavy atom. The van der Waals surface area contributed by atoms with E-state index in [0.29, 0.717) is 0 Å². The molecule has 1 aromatic heterocycles. The third-order valence-corrected chi connectivity index (χ3v) is 9.59. The first kappa shape index (κ1) is 29.5. The van der Waals surface area contributed by atoms with Crippen LogP contribution in [0.4, 0.5) is 17.1 Å². The van der Waals surface area contributed by atoms with Gasteiger partial charge in [-0.3, -0.25) is 0 Å². The summed E-state index contributed by atoms with van der Waals surface area (Å²) < 4.78 is 2.38. The highest BCUT2D eigenvalue weighted by Crippen LogP contribution is 2.42. The Morgan fingerprint density at radius 1 is 0.320 bits per heavy atom. The van der Waals surface area contributed by atoms with Crippen LogP contribution in [0.1, 0.15) is 0 Å². The predicted molar refractivity (Wildman–Crippen MR) is 212 cm³/mol. The Kier molecular flexibility index (Phi) is 7.53. The highest BCUT2D eigenvalue weighted by Gasteiger charge is 2.18. The van der Waals surface area contributed by atoms with Gasteiger partial charge in [0.05, 0.1) is 11.0 Å². The lowest BCUT2D eigenvalue weighted by Crippen LogP contribution is -2.09. The molecule has 9 rings (SSSR count). The lowest BCUT2D eigenvalue weighted by Gasteiger charge is -2.26. The summed E-state index contributed by atoms with van der Waals surface area (Å²) in [7, 11) is 0. The number of anilines is 3. The van der Waals surface area contributed by atoms with Gasteiger partial charge in [-0.2, -0.15) is 0 Å². The average Bonchev–Trinajstić information content (AvgIpc) is 3.54. The molecule has 0 spiro atoms. The first-order chi connectivity index (χ1) is 24.8. The molecule has 0 aliphatic rings. The summed E-state index contributed by atoms with van der Waals surface area (Å²) in [4.78, 5) is 2.35. The van der Waals surface area contributed by atoms with Gasteiger partial charge in [0, 0.05) is 33.5 Å². The topological polar surface area (TPSA) is 8.17 Å². The molecule has 236 valence electrons. The molecule has 0 fully saturated rings. The van der Waals surface area contributed by atoms with E-state index in [1.807, 2.05) is 0 Å². The number of rotatable bonds is 7. The Morgan fingerprint density at radius 2 is 0.820 bits per heavy atom. The molecule has 0 bridgehead atoms. The molecule has 2 nitrogen and oxygen atoms in total. The molecule has 1 heterocycles. The molecular weight excluding hydrogens is 605 g/mol. The second-order valence-corrected chi connectivity index (χ2v) is 12.6. The highest BCUT2D eigenvalue weighted by molar-refractivity contribution is 6.15. The zero-order valence-corrected chi connectivity index (χ0v) is 27.5. The zero-order valence-electron chi connectivity index (χ0n) is 27.5. The van der Waals surface area contributed by atoms with Gasteiger partial charge < -0.3 is 9.47 Å². The third kappa shape index (κ3) is 5.24. The van der Waals surface area contributed by atoms with Crippen LogP contribution in [0.15, 0.2) is 206 Å². The molecule has 50 heavy (non-hydrogen) atoms. The lowest BCUT2D eigenvalue weighted by atomic mass is 9.94. The number of hydrogen-bond acceptors (Lipinski definition) is 1. The summed E-state index contributed by atoms with van der Waals surface area (Å²) in [6.45, 7) is 0. The van der Waals surface area contributed by atoms with Crippen molar-refractivity contribution in [3.63, 3.8) is 0 Å². The fourth-order valence-corrected chi connectivity index (χ4v) is 7.35. The second-order valence-electron chi connectivity index (χ2n) is 12.6. The van der Waals surface area contributed by atoms with E-state index < -0.39 is 0 Å². The standard InChI is InChI=1S/C48H34N2/c1-4-16-35(17-5-1)42-24-10-11-25-43(42)36-30-32-40(33-31-36)49(38-19-6-2-7-20-38)41-23-14-18-37(34-41)44-27-15-29-47-48(44)45-26-12-13-28-46(45)50(47)39-21-8-3-9-22-39/h1-34H. The van der Waals surface area contributed by atoms with E-state index in [2.05, 4.69) is 216 Å². The van der Waals surface area contributed by atoms with Gasteiger partial charge >= 0.3 is 0 Å². The van der Waals surface area contributed by atoms with E-state index in [0.717, 1.165) is 22.7 Å². The van der Waals surface area contributed by atoms with Crippen molar-refractivity contribution in [2.45, 2.75) is 0 Å². The SMILES string of the molecule is c1ccc(-c2ccccc2-c2ccc(N(c3ccccc3)c3cccc(-c4cccc5c4c4ccccc4n5-c4ccccc4)c3)cc2)cc1. The minimum atomic E-state index is 1.10. The highest BCUT2D eigenvalue weighted by atomic mass is 15.1. The number of hydrogen-bond donors (Lipinski definition) is 0. The van der Waals surface area contributed by atoms with Crippen LogP contribution in [0, 0.1) is 0 Å². The fourth-order valence-electron chi connectivity index (χ4n) is 7.35. The summed E-state index contributed by atoms with van der Waals surface area (Å²) in [6.07, 6.45) is 0. The molecule has 0 saturated heterocycles. The molecule has 0 unspecified atom stereocenters. The predicted octanol–water partition coefficient (Wildman–Crippen LogP) is 13.3. The quantitative estimate of drug-likeness (QED) is 0.169. The smallest absolute Gasteiger partial charge is 0.0547 e. The average molecular weight is 639 g/mol. The third-order valence-electron chi connectivity index (χ3n) is 9.59. The van der Waals surface area contributed by atoms with Crippen LogP contribution in [-0.2, 0) is 0 Å². The maximum Gasteiger partial charge on any atom is 0.0547 e. The van der Waals surface area contributed by atoms with Gasteiger partial charge in [-0.15, -0.1) is 0 Å². The summed E-state index contributed by atoms with van der Waals surface area (Å²) in [5.74, 6) is 0. The Hall–Kier alpha value is -6.64. The second kappa shape index (κ2) is 12.8. The normalized spacial score (nSPS) is 11.2. The molecular formula is C48H34N2. The van der Waals surface area contributed by atoms with Crippen molar-refractivity contribution in [1.82, 2.24) is 4.57 Å². The van der Waals surface area contributed by atoms with E-state index in [4.69, 9.17) is 0 Å². The molecule has 2 heteroatoms. The Balaban J connectivity index is 1.17. The summed E-state index contributed by atoms with van der Waals surface area (Å²) in [5, 5.41) is 2.51. The number of aromatic nitrogens is 1. The van der Waals surface area contributed by atoms with E-state index in [9.17, 15) is 0 Å². The Labute approximate surface area is 292 Å². The van der Waals surface area contributed by atoms with E-state index in [1.165, 1.54) is 55.2 Å². The van der Waals surface area contributed by atoms with Crippen LogP contribution < -0.4 is 4.90 Å². The first-order valence-corrected chi connectivity index (χ1v) is 17.1. The Bertz CT molecular complexity index is 2570. The van der Waals surface area contributed by atoms with Crippen LogP contribution in [0.25, 0.3) is 60.9 Å². The molecule has 0 saturated carbocycles. The summed E-state index contributed by atoms with van der Waals surface area (Å²) in [6, 6.07) is 73.9. The van der Waals surface area contributed by atoms with Gasteiger partial charge in [-0.05, 0) is 94.0 Å². The van der Waals surface area contributed by atoms with Crippen LogP contribution in [0.3, 0.4) is 0 Å². The van der Waals surface area contributed by atoms with Gasteiger partial charge in [0.1, 0.15) is 0 Å². The number of nitrogens with zero attached hydrogens (tertiary/aromatic N) is 2. The number of benzene rings is 8.